The van der Waals surface area contributed by atoms with Crippen molar-refractivity contribution in [3.63, 3.8) is 0 Å². The summed E-state index contributed by atoms with van der Waals surface area (Å²) < 4.78 is 18.5. The summed E-state index contributed by atoms with van der Waals surface area (Å²) in [7, 11) is 1.56. The Bertz CT molecular complexity index is 440. The number of anilines is 1. The number of aliphatic hydroxyl groups excluding tert-OH is 1. The van der Waals surface area contributed by atoms with Gasteiger partial charge in [-0.25, -0.2) is 14.1 Å². The first-order valence-corrected chi connectivity index (χ1v) is 5.19. The van der Waals surface area contributed by atoms with Gasteiger partial charge < -0.3 is 14.5 Å². The van der Waals surface area contributed by atoms with Crippen LogP contribution >= 0.6 is 0 Å². The average Bonchev–Trinajstić information content (AvgIpc) is 2.73. The number of amides is 2. The first-order valence-electron chi connectivity index (χ1n) is 5.19. The summed E-state index contributed by atoms with van der Waals surface area (Å²) in [6.45, 7) is 2.85. The molecular weight excluding hydrogens is 229 g/mol. The summed E-state index contributed by atoms with van der Waals surface area (Å²) in [5, 5.41) is 13.2. The van der Waals surface area contributed by atoms with Crippen molar-refractivity contribution in [2.75, 3.05) is 18.5 Å². The third-order valence-corrected chi connectivity index (χ3v) is 2.61. The number of rotatable bonds is 2. The van der Waals surface area contributed by atoms with Gasteiger partial charge in [-0.1, -0.05) is 5.16 Å². The van der Waals surface area contributed by atoms with Crippen LogP contribution in [0.4, 0.5) is 15.1 Å². The van der Waals surface area contributed by atoms with Crippen LogP contribution in [0.25, 0.3) is 0 Å². The molecule has 2 heterocycles. The van der Waals surface area contributed by atoms with E-state index in [4.69, 9.17) is 4.52 Å². The monoisotopic (exact) mass is 243 g/mol. The molecule has 0 aromatic carbocycles. The van der Waals surface area contributed by atoms with Crippen LogP contribution in [0.1, 0.15) is 19.5 Å². The van der Waals surface area contributed by atoms with E-state index in [0.29, 0.717) is 0 Å². The van der Waals surface area contributed by atoms with Gasteiger partial charge in [0.15, 0.2) is 11.9 Å². The van der Waals surface area contributed by atoms with E-state index in [-0.39, 0.29) is 18.1 Å². The molecule has 1 saturated heterocycles. The fourth-order valence-electron chi connectivity index (χ4n) is 1.62. The number of nitrogens with zero attached hydrogens (tertiary/aromatic N) is 3. The molecule has 1 aromatic rings. The minimum absolute atomic E-state index is 0.0487. The van der Waals surface area contributed by atoms with E-state index in [1.54, 1.807) is 7.05 Å². The third-order valence-electron chi connectivity index (χ3n) is 2.61. The Kier molecular flexibility index (Phi) is 2.57. The van der Waals surface area contributed by atoms with E-state index in [9.17, 15) is 14.3 Å². The number of alkyl halides is 1. The number of hydrogen-bond donors (Lipinski definition) is 1. The molecule has 0 aliphatic carbocycles. The zero-order chi connectivity index (χ0) is 12.8. The standard InChI is InChI=1S/C10H14FN3O3/c1-10(2,11)6-4-8(17-12-6)14-7(15)5-13(3)9(14)16/h4,7,15H,5H2,1-3H3. The maximum Gasteiger partial charge on any atom is 0.329 e. The number of carbonyl (C=O) groups is 1. The Labute approximate surface area is 97.6 Å². The van der Waals surface area contributed by atoms with E-state index in [1.807, 2.05) is 0 Å². The smallest absolute Gasteiger partial charge is 0.329 e. The maximum atomic E-state index is 13.6. The van der Waals surface area contributed by atoms with E-state index in [1.165, 1.54) is 24.8 Å². The molecule has 94 valence electrons. The summed E-state index contributed by atoms with van der Waals surface area (Å²) in [6.07, 6.45) is -1.00. The molecule has 0 radical (unpaired) electrons. The molecule has 17 heavy (non-hydrogen) atoms. The van der Waals surface area contributed by atoms with Gasteiger partial charge in [0, 0.05) is 13.1 Å². The Hall–Kier alpha value is -1.63. The van der Waals surface area contributed by atoms with Crippen molar-refractivity contribution in [2.24, 2.45) is 0 Å². The Morgan fingerprint density at radius 3 is 2.71 bits per heavy atom. The second-order valence-electron chi connectivity index (χ2n) is 4.54. The zero-order valence-corrected chi connectivity index (χ0v) is 9.85. The second kappa shape index (κ2) is 3.69. The highest BCUT2D eigenvalue weighted by molar-refractivity contribution is 5.93. The van der Waals surface area contributed by atoms with Crippen LogP contribution < -0.4 is 4.90 Å². The first kappa shape index (κ1) is 11.8. The highest BCUT2D eigenvalue weighted by atomic mass is 19.1. The van der Waals surface area contributed by atoms with E-state index in [0.717, 1.165) is 4.90 Å². The summed E-state index contributed by atoms with van der Waals surface area (Å²) in [5.41, 5.74) is -1.57. The lowest BCUT2D eigenvalue weighted by Crippen LogP contribution is -2.33. The Balaban J connectivity index is 2.29. The molecule has 0 bridgehead atoms. The van der Waals surface area contributed by atoms with E-state index >= 15 is 0 Å². The number of carbonyl (C=O) groups excluding carboxylic acids is 1. The molecule has 1 unspecified atom stereocenters. The molecule has 0 spiro atoms. The van der Waals surface area contributed by atoms with Gasteiger partial charge in [0.1, 0.15) is 5.69 Å². The van der Waals surface area contributed by atoms with Crippen molar-refractivity contribution in [3.05, 3.63) is 11.8 Å². The fourth-order valence-corrected chi connectivity index (χ4v) is 1.62. The molecule has 1 aliphatic heterocycles. The molecular formula is C10H14FN3O3. The molecule has 7 heteroatoms. The van der Waals surface area contributed by atoms with Crippen molar-refractivity contribution < 1.29 is 18.8 Å². The molecule has 2 rings (SSSR count). The quantitative estimate of drug-likeness (QED) is 0.843. The summed E-state index contributed by atoms with van der Waals surface area (Å²) in [6, 6.07) is 0.914. The lowest BCUT2D eigenvalue weighted by atomic mass is 10.1. The Morgan fingerprint density at radius 2 is 2.29 bits per heavy atom. The number of aromatic nitrogens is 1. The minimum atomic E-state index is -1.65. The van der Waals surface area contributed by atoms with Crippen LogP contribution in [0.2, 0.25) is 0 Å². The van der Waals surface area contributed by atoms with Gasteiger partial charge >= 0.3 is 6.03 Å². The molecule has 1 N–H and O–H groups in total. The van der Waals surface area contributed by atoms with Crippen molar-refractivity contribution in [1.82, 2.24) is 10.1 Å². The highest BCUT2D eigenvalue weighted by Crippen LogP contribution is 2.29. The molecule has 0 saturated carbocycles. The Morgan fingerprint density at radius 1 is 1.65 bits per heavy atom. The number of likely N-dealkylation sites (N-methyl/N-ethyl adjacent to an activating group) is 1. The largest absolute Gasteiger partial charge is 0.371 e. The highest BCUT2D eigenvalue weighted by Gasteiger charge is 2.38. The van der Waals surface area contributed by atoms with Crippen LogP contribution in [-0.2, 0) is 5.67 Å². The van der Waals surface area contributed by atoms with Crippen molar-refractivity contribution in [3.8, 4) is 0 Å². The van der Waals surface area contributed by atoms with Crippen molar-refractivity contribution in [2.45, 2.75) is 25.7 Å². The van der Waals surface area contributed by atoms with Crippen LogP contribution in [-0.4, -0.2) is 41.0 Å². The van der Waals surface area contributed by atoms with Crippen molar-refractivity contribution in [1.29, 1.82) is 0 Å². The van der Waals surface area contributed by atoms with Gasteiger partial charge in [-0.15, -0.1) is 0 Å². The van der Waals surface area contributed by atoms with E-state index in [2.05, 4.69) is 5.16 Å². The van der Waals surface area contributed by atoms with Gasteiger partial charge in [0.05, 0.1) is 6.54 Å². The summed E-state index contributed by atoms with van der Waals surface area (Å²) >= 11 is 0. The van der Waals surface area contributed by atoms with Gasteiger partial charge in [0.25, 0.3) is 0 Å². The predicted molar refractivity (Wildman–Crippen MR) is 57.1 cm³/mol. The molecule has 2 amide bonds. The normalized spacial score (nSPS) is 21.5. The van der Waals surface area contributed by atoms with Gasteiger partial charge in [-0.2, -0.15) is 0 Å². The first-order chi connectivity index (χ1) is 7.80. The molecule has 6 nitrogen and oxygen atoms in total. The SMILES string of the molecule is CN1CC(O)N(c2cc(C(C)(C)F)no2)C1=O. The maximum absolute atomic E-state index is 13.6. The molecule has 1 aliphatic rings. The van der Waals surface area contributed by atoms with Crippen LogP contribution in [0.15, 0.2) is 10.6 Å². The summed E-state index contributed by atoms with van der Waals surface area (Å²) in [4.78, 5) is 14.1. The number of aliphatic hydroxyl groups is 1. The number of urea groups is 1. The molecule has 1 atom stereocenters. The van der Waals surface area contributed by atoms with Gasteiger partial charge in [-0.05, 0) is 13.8 Å². The van der Waals surface area contributed by atoms with Crippen LogP contribution in [0, 0.1) is 0 Å². The van der Waals surface area contributed by atoms with Crippen molar-refractivity contribution >= 4 is 11.9 Å². The average molecular weight is 243 g/mol. The lowest BCUT2D eigenvalue weighted by Gasteiger charge is -2.14. The lowest BCUT2D eigenvalue weighted by molar-refractivity contribution is 0.178. The van der Waals surface area contributed by atoms with Crippen LogP contribution in [0.5, 0.6) is 0 Å². The molecule has 1 aromatic heterocycles. The van der Waals surface area contributed by atoms with E-state index < -0.39 is 17.9 Å². The fraction of sp³-hybridized carbons (Fsp3) is 0.600. The van der Waals surface area contributed by atoms with Gasteiger partial charge in [-0.3, -0.25) is 0 Å². The third kappa shape index (κ3) is 1.97. The number of hydrogen-bond acceptors (Lipinski definition) is 4. The van der Waals surface area contributed by atoms with Gasteiger partial charge in [0.2, 0.25) is 5.88 Å². The second-order valence-corrected chi connectivity index (χ2v) is 4.54. The van der Waals surface area contributed by atoms with Crippen LogP contribution in [0.3, 0.4) is 0 Å². The summed E-state index contributed by atoms with van der Waals surface area (Å²) in [5.74, 6) is 0.0487. The molecule has 1 fully saturated rings. The number of halogens is 1. The minimum Gasteiger partial charge on any atom is -0.371 e. The predicted octanol–water partition coefficient (Wildman–Crippen LogP) is 1.07. The zero-order valence-electron chi connectivity index (χ0n) is 9.85. The number of β-amino-alcohol motifs (C(OH)–C–C–N with tert-alkyl or cyclic N) is 1. The topological polar surface area (TPSA) is 69.8 Å².